The fourth-order valence-electron chi connectivity index (χ4n) is 1.55. The van der Waals surface area contributed by atoms with E-state index in [-0.39, 0.29) is 0 Å². The summed E-state index contributed by atoms with van der Waals surface area (Å²) in [5, 5.41) is 0. The Bertz CT molecular complexity index is 116. The first-order valence-corrected chi connectivity index (χ1v) is 5.41. The second-order valence-electron chi connectivity index (χ2n) is 4.26. The summed E-state index contributed by atoms with van der Waals surface area (Å²) >= 11 is 0. The minimum absolute atomic E-state index is 0.296. The van der Waals surface area contributed by atoms with E-state index < -0.39 is 0 Å². The molecule has 0 radical (unpaired) electrons. The van der Waals surface area contributed by atoms with Gasteiger partial charge < -0.3 is 4.74 Å². The Morgan fingerprint density at radius 1 is 1.08 bits per heavy atom. The van der Waals surface area contributed by atoms with Crippen molar-refractivity contribution in [2.24, 2.45) is 0 Å². The van der Waals surface area contributed by atoms with Crippen LogP contribution in [0.15, 0.2) is 0 Å². The maximum absolute atomic E-state index is 5.32. The third-order valence-electron chi connectivity index (χ3n) is 2.70. The molecule has 0 spiro atoms. The molecule has 72 valence electrons. The highest BCUT2D eigenvalue weighted by molar-refractivity contribution is 4.86. The standard InChI is InChI=1S/C11H22O/c1-3-4-5-6-7-8-9-11(2)10-12-11/h3-10H2,1-2H3/t11-/m1/s1. The fourth-order valence-corrected chi connectivity index (χ4v) is 1.55. The molecule has 1 saturated heterocycles. The topological polar surface area (TPSA) is 12.5 Å². The summed E-state index contributed by atoms with van der Waals surface area (Å²) in [6, 6.07) is 0. The van der Waals surface area contributed by atoms with E-state index in [9.17, 15) is 0 Å². The van der Waals surface area contributed by atoms with Crippen molar-refractivity contribution in [3.05, 3.63) is 0 Å². The molecular formula is C11H22O. The molecule has 1 atom stereocenters. The van der Waals surface area contributed by atoms with Gasteiger partial charge in [-0.15, -0.1) is 0 Å². The highest BCUT2D eigenvalue weighted by atomic mass is 16.6. The van der Waals surface area contributed by atoms with Gasteiger partial charge in [-0.3, -0.25) is 0 Å². The van der Waals surface area contributed by atoms with Gasteiger partial charge >= 0.3 is 0 Å². The van der Waals surface area contributed by atoms with E-state index in [0.29, 0.717) is 5.60 Å². The quantitative estimate of drug-likeness (QED) is 0.420. The van der Waals surface area contributed by atoms with Gasteiger partial charge in [0, 0.05) is 0 Å². The van der Waals surface area contributed by atoms with Crippen molar-refractivity contribution in [2.45, 2.75) is 64.4 Å². The zero-order valence-corrected chi connectivity index (χ0v) is 8.57. The lowest BCUT2D eigenvalue weighted by molar-refractivity contribution is 0.301. The smallest absolute Gasteiger partial charge is 0.0888 e. The van der Waals surface area contributed by atoms with Gasteiger partial charge in [-0.1, -0.05) is 45.4 Å². The van der Waals surface area contributed by atoms with Gasteiger partial charge in [0.15, 0.2) is 0 Å². The van der Waals surface area contributed by atoms with Gasteiger partial charge in [0.05, 0.1) is 12.2 Å². The molecule has 0 aromatic carbocycles. The zero-order chi connectivity index (χ0) is 8.86. The van der Waals surface area contributed by atoms with Crippen LogP contribution in [0, 0.1) is 0 Å². The number of epoxide rings is 1. The lowest BCUT2D eigenvalue weighted by Gasteiger charge is -2.03. The van der Waals surface area contributed by atoms with Gasteiger partial charge in [0.1, 0.15) is 0 Å². The summed E-state index contributed by atoms with van der Waals surface area (Å²) in [6.45, 7) is 5.49. The first kappa shape index (κ1) is 10.0. The Hall–Kier alpha value is -0.0400. The Balaban J connectivity index is 1.77. The average molecular weight is 170 g/mol. The van der Waals surface area contributed by atoms with Gasteiger partial charge in [0.2, 0.25) is 0 Å². The van der Waals surface area contributed by atoms with E-state index in [2.05, 4.69) is 13.8 Å². The van der Waals surface area contributed by atoms with Crippen molar-refractivity contribution in [1.29, 1.82) is 0 Å². The van der Waals surface area contributed by atoms with Crippen LogP contribution in [0.25, 0.3) is 0 Å². The Kier molecular flexibility index (Phi) is 4.07. The molecule has 0 amide bonds. The Labute approximate surface area is 76.5 Å². The molecule has 1 heterocycles. The normalized spacial score (nSPS) is 27.5. The SMILES string of the molecule is CCCCCCCC[C@]1(C)CO1. The van der Waals surface area contributed by atoms with Gasteiger partial charge in [-0.2, -0.15) is 0 Å². The zero-order valence-electron chi connectivity index (χ0n) is 8.57. The van der Waals surface area contributed by atoms with Crippen LogP contribution in [0.4, 0.5) is 0 Å². The highest BCUT2D eigenvalue weighted by Crippen LogP contribution is 2.31. The lowest BCUT2D eigenvalue weighted by atomic mass is 10.0. The summed E-state index contributed by atoms with van der Waals surface area (Å²) in [5.41, 5.74) is 0.296. The van der Waals surface area contributed by atoms with Crippen molar-refractivity contribution in [3.63, 3.8) is 0 Å². The maximum atomic E-state index is 5.32. The molecule has 0 aliphatic carbocycles. The molecule has 0 saturated carbocycles. The van der Waals surface area contributed by atoms with Gasteiger partial charge in [0.25, 0.3) is 0 Å². The molecule has 0 aromatic rings. The Morgan fingerprint density at radius 2 is 1.67 bits per heavy atom. The second kappa shape index (κ2) is 4.86. The van der Waals surface area contributed by atoms with Crippen LogP contribution in [0.2, 0.25) is 0 Å². The molecular weight excluding hydrogens is 148 g/mol. The molecule has 0 aromatic heterocycles. The van der Waals surface area contributed by atoms with E-state index in [1.807, 2.05) is 0 Å². The van der Waals surface area contributed by atoms with Crippen LogP contribution < -0.4 is 0 Å². The van der Waals surface area contributed by atoms with Crippen molar-refractivity contribution in [1.82, 2.24) is 0 Å². The second-order valence-corrected chi connectivity index (χ2v) is 4.26. The minimum atomic E-state index is 0.296. The summed E-state index contributed by atoms with van der Waals surface area (Å²) < 4.78 is 5.32. The fraction of sp³-hybridized carbons (Fsp3) is 1.00. The molecule has 1 aliphatic heterocycles. The number of rotatable bonds is 7. The molecule has 1 rings (SSSR count). The predicted octanol–water partition coefficient (Wildman–Crippen LogP) is 3.53. The first-order valence-electron chi connectivity index (χ1n) is 5.41. The van der Waals surface area contributed by atoms with E-state index in [4.69, 9.17) is 4.74 Å². The molecule has 0 unspecified atom stereocenters. The van der Waals surface area contributed by atoms with Crippen LogP contribution >= 0.6 is 0 Å². The van der Waals surface area contributed by atoms with Gasteiger partial charge in [-0.25, -0.2) is 0 Å². The summed E-state index contributed by atoms with van der Waals surface area (Å²) in [5.74, 6) is 0. The molecule has 1 aliphatic rings. The number of ether oxygens (including phenoxy) is 1. The minimum Gasteiger partial charge on any atom is -0.370 e. The van der Waals surface area contributed by atoms with Crippen molar-refractivity contribution >= 4 is 0 Å². The van der Waals surface area contributed by atoms with E-state index in [1.165, 1.54) is 44.9 Å². The first-order chi connectivity index (χ1) is 5.77. The molecule has 12 heavy (non-hydrogen) atoms. The lowest BCUT2D eigenvalue weighted by Crippen LogP contribution is -2.02. The predicted molar refractivity (Wildman–Crippen MR) is 52.4 cm³/mol. The third kappa shape index (κ3) is 4.10. The van der Waals surface area contributed by atoms with Crippen molar-refractivity contribution < 1.29 is 4.74 Å². The largest absolute Gasteiger partial charge is 0.370 e. The van der Waals surface area contributed by atoms with Crippen molar-refractivity contribution in [2.75, 3.05) is 6.61 Å². The molecule has 1 fully saturated rings. The van der Waals surface area contributed by atoms with E-state index in [0.717, 1.165) is 6.61 Å². The average Bonchev–Trinajstić information content (AvgIpc) is 2.77. The highest BCUT2D eigenvalue weighted by Gasteiger charge is 2.37. The van der Waals surface area contributed by atoms with Crippen LogP contribution in [-0.4, -0.2) is 12.2 Å². The summed E-state index contributed by atoms with van der Waals surface area (Å²) in [4.78, 5) is 0. The number of hydrogen-bond acceptors (Lipinski definition) is 1. The van der Waals surface area contributed by atoms with Crippen LogP contribution in [0.1, 0.15) is 58.8 Å². The van der Waals surface area contributed by atoms with Crippen LogP contribution in [0.3, 0.4) is 0 Å². The molecule has 0 bridgehead atoms. The number of unbranched alkanes of at least 4 members (excludes halogenated alkanes) is 5. The molecule has 1 heteroatoms. The van der Waals surface area contributed by atoms with Gasteiger partial charge in [-0.05, 0) is 13.3 Å². The summed E-state index contributed by atoms with van der Waals surface area (Å²) in [7, 11) is 0. The monoisotopic (exact) mass is 170 g/mol. The third-order valence-corrected chi connectivity index (χ3v) is 2.70. The van der Waals surface area contributed by atoms with Crippen LogP contribution in [-0.2, 0) is 4.74 Å². The maximum Gasteiger partial charge on any atom is 0.0888 e. The molecule has 0 N–H and O–H groups in total. The van der Waals surface area contributed by atoms with E-state index >= 15 is 0 Å². The Morgan fingerprint density at radius 3 is 2.25 bits per heavy atom. The summed E-state index contributed by atoms with van der Waals surface area (Å²) in [6.07, 6.45) is 9.64. The van der Waals surface area contributed by atoms with E-state index in [1.54, 1.807) is 0 Å². The van der Waals surface area contributed by atoms with Crippen LogP contribution in [0.5, 0.6) is 0 Å². The molecule has 1 nitrogen and oxygen atoms in total. The van der Waals surface area contributed by atoms with Crippen molar-refractivity contribution in [3.8, 4) is 0 Å². The number of hydrogen-bond donors (Lipinski definition) is 0.